The van der Waals surface area contributed by atoms with Crippen LogP contribution in [0.2, 0.25) is 0 Å². The Hall–Kier alpha value is -5.79. The molecular formula is C35H54N10O14. The van der Waals surface area contributed by atoms with Gasteiger partial charge in [0.15, 0.2) is 6.10 Å². The summed E-state index contributed by atoms with van der Waals surface area (Å²) in [5, 5.41) is 72.2. The van der Waals surface area contributed by atoms with Gasteiger partial charge in [-0.2, -0.15) is 0 Å². The van der Waals surface area contributed by atoms with E-state index in [-0.39, 0.29) is 0 Å². The Bertz CT molecular complexity index is 1670. The van der Waals surface area contributed by atoms with Gasteiger partial charge in [0, 0.05) is 13.1 Å². The van der Waals surface area contributed by atoms with Gasteiger partial charge in [-0.3, -0.25) is 43.2 Å². The molecule has 59 heavy (non-hydrogen) atoms. The lowest BCUT2D eigenvalue weighted by Gasteiger charge is -2.31. The second kappa shape index (κ2) is 23.6. The van der Waals surface area contributed by atoms with Gasteiger partial charge in [-0.05, 0) is 25.3 Å². The molecule has 24 heteroatoms. The van der Waals surface area contributed by atoms with Crippen LogP contribution in [-0.2, 0) is 49.7 Å². The average Bonchev–Trinajstić information content (AvgIpc) is 3.19. The first kappa shape index (κ1) is 49.4. The Balaban J connectivity index is 2.47. The molecule has 0 aromatic heterocycles. The smallest absolute Gasteiger partial charge is 0.251 e. The largest absolute Gasteiger partial charge is 0.394 e. The second-order valence-electron chi connectivity index (χ2n) is 14.0. The number of rotatable bonds is 12. The van der Waals surface area contributed by atoms with Gasteiger partial charge in [-0.25, -0.2) is 0 Å². The third kappa shape index (κ3) is 15.5. The quantitative estimate of drug-likeness (QED) is 0.0930. The Morgan fingerprint density at radius 2 is 1.32 bits per heavy atom. The molecular weight excluding hydrogens is 784 g/mol. The molecule has 1 aromatic carbocycles. The van der Waals surface area contributed by atoms with E-state index in [9.17, 15) is 68.7 Å². The van der Waals surface area contributed by atoms with Gasteiger partial charge < -0.3 is 79.1 Å². The number of nitrogens with two attached hydrogens (primary N) is 1. The van der Waals surface area contributed by atoms with Crippen molar-refractivity contribution in [1.82, 2.24) is 47.9 Å². The van der Waals surface area contributed by atoms with Crippen molar-refractivity contribution in [2.45, 2.75) is 94.9 Å². The van der Waals surface area contributed by atoms with Crippen LogP contribution in [0.3, 0.4) is 0 Å². The number of aliphatic hydroxyl groups is 5. The van der Waals surface area contributed by atoms with Crippen molar-refractivity contribution in [3.05, 3.63) is 35.9 Å². The fourth-order valence-electron chi connectivity index (χ4n) is 5.26. The number of primary amides is 1. The van der Waals surface area contributed by atoms with Gasteiger partial charge >= 0.3 is 0 Å². The van der Waals surface area contributed by atoms with Gasteiger partial charge in [0.25, 0.3) is 5.91 Å². The molecule has 4 unspecified atom stereocenters. The zero-order chi connectivity index (χ0) is 44.6. The standard InChI is InChI=1S/C35H54N10O14/c1-15(2)23-34(58)45-25(26(50)27(51)28(36)52)35(59)44-24(17(4)47)33(57)39-12-21(48)32(56)40-13-22(49)41-19(30(54)42-20(14-46)31(55)43-23)11-38-29(53)16(3)37-10-18-8-6-5-7-9-18/h5-9,15-17,19-21,23-27,37,46-48,50-51H,10-14H2,1-4H3,(H2,36,52)(H,38,53)(H,39,57)(H,40,56)(H,41,49)(H,42,54)(H,43,55)(H,44,59)(H,45,58)/t16?,17-,19+,20+,21+,23+,24+,25?,26?,27?/m1/s1. The van der Waals surface area contributed by atoms with E-state index >= 15 is 0 Å². The van der Waals surface area contributed by atoms with Crippen LogP contribution in [0, 0.1) is 5.92 Å². The van der Waals surface area contributed by atoms with E-state index in [2.05, 4.69) is 42.5 Å². The van der Waals surface area contributed by atoms with E-state index in [4.69, 9.17) is 5.73 Å². The van der Waals surface area contributed by atoms with Gasteiger partial charge in [-0.15, -0.1) is 0 Å². The predicted octanol–water partition coefficient (Wildman–Crippen LogP) is -8.45. The normalized spacial score (nSPS) is 25.4. The summed E-state index contributed by atoms with van der Waals surface area (Å²) < 4.78 is 0. The first-order valence-electron chi connectivity index (χ1n) is 18.4. The molecule has 10 atom stereocenters. The van der Waals surface area contributed by atoms with Crippen LogP contribution < -0.4 is 53.6 Å². The molecule has 16 N–H and O–H groups in total. The number of β-amino-alcohol motifs (C(OH)–C–C–N with tert-alkyl or cyclic N) is 1. The minimum absolute atomic E-state index is 0.304. The van der Waals surface area contributed by atoms with Crippen LogP contribution in [-0.4, -0.2) is 166 Å². The summed E-state index contributed by atoms with van der Waals surface area (Å²) in [4.78, 5) is 117. The third-order valence-electron chi connectivity index (χ3n) is 8.84. The molecule has 328 valence electrons. The van der Waals surface area contributed by atoms with E-state index in [1.165, 1.54) is 20.8 Å². The Labute approximate surface area is 338 Å². The zero-order valence-electron chi connectivity index (χ0n) is 32.8. The SMILES string of the molecule is CC(NCc1ccccc1)C(=O)NC[C@@H]1NC(=O)CNC(=O)[C@@H](O)CNC(=O)[C@H]([C@@H](C)O)NC(=O)C(C(O)C(O)C(N)=O)NC(=O)[C@H](C(C)C)NC(=O)[C@H](CO)NC1=O. The predicted molar refractivity (Wildman–Crippen MR) is 202 cm³/mol. The molecule has 1 saturated heterocycles. The second-order valence-corrected chi connectivity index (χ2v) is 14.0. The maximum absolute atomic E-state index is 13.6. The Kier molecular flexibility index (Phi) is 19.7. The molecule has 1 heterocycles. The molecule has 0 saturated carbocycles. The van der Waals surface area contributed by atoms with E-state index in [1.54, 1.807) is 12.1 Å². The first-order valence-corrected chi connectivity index (χ1v) is 18.4. The van der Waals surface area contributed by atoms with Gasteiger partial charge in [0.05, 0.1) is 31.8 Å². The molecule has 0 radical (unpaired) electrons. The molecule has 1 fully saturated rings. The van der Waals surface area contributed by atoms with Crippen molar-refractivity contribution in [2.24, 2.45) is 11.7 Å². The van der Waals surface area contributed by atoms with Gasteiger partial charge in [0.2, 0.25) is 47.3 Å². The number of hydrogen-bond acceptors (Lipinski definition) is 15. The summed E-state index contributed by atoms with van der Waals surface area (Å²) in [6, 6.07) is -1.04. The molecule has 1 aliphatic rings. The zero-order valence-corrected chi connectivity index (χ0v) is 32.8. The van der Waals surface area contributed by atoms with Crippen LogP contribution >= 0.6 is 0 Å². The Morgan fingerprint density at radius 3 is 1.90 bits per heavy atom. The highest BCUT2D eigenvalue weighted by molar-refractivity contribution is 5.98. The summed E-state index contributed by atoms with van der Waals surface area (Å²) in [6.45, 7) is 2.36. The number of carbonyl (C=O) groups is 9. The summed E-state index contributed by atoms with van der Waals surface area (Å²) in [7, 11) is 0. The van der Waals surface area contributed by atoms with Crippen LogP contribution in [0.25, 0.3) is 0 Å². The van der Waals surface area contributed by atoms with Crippen LogP contribution in [0.5, 0.6) is 0 Å². The van der Waals surface area contributed by atoms with Crippen molar-refractivity contribution < 1.29 is 68.7 Å². The number of hydrogen-bond donors (Lipinski definition) is 15. The molecule has 0 aliphatic carbocycles. The van der Waals surface area contributed by atoms with Crippen molar-refractivity contribution in [2.75, 3.05) is 26.2 Å². The lowest BCUT2D eigenvalue weighted by atomic mass is 9.99. The number of aliphatic hydroxyl groups excluding tert-OH is 5. The van der Waals surface area contributed by atoms with Gasteiger partial charge in [-0.1, -0.05) is 44.2 Å². The highest BCUT2D eigenvalue weighted by Gasteiger charge is 2.41. The highest BCUT2D eigenvalue weighted by atomic mass is 16.3. The molecule has 1 aliphatic heterocycles. The van der Waals surface area contributed by atoms with E-state index in [0.29, 0.717) is 6.54 Å². The summed E-state index contributed by atoms with van der Waals surface area (Å²) >= 11 is 0. The molecule has 9 amide bonds. The van der Waals surface area contributed by atoms with E-state index in [1.807, 2.05) is 23.5 Å². The molecule has 0 bridgehead atoms. The van der Waals surface area contributed by atoms with E-state index < -0.39 is 146 Å². The molecule has 1 aromatic rings. The average molecular weight is 839 g/mol. The number of amides is 9. The van der Waals surface area contributed by atoms with Crippen molar-refractivity contribution in [1.29, 1.82) is 0 Å². The molecule has 24 nitrogen and oxygen atoms in total. The number of benzene rings is 1. The summed E-state index contributed by atoms with van der Waals surface area (Å²) in [6.07, 6.45) is -8.71. The minimum Gasteiger partial charge on any atom is -0.394 e. The van der Waals surface area contributed by atoms with Crippen molar-refractivity contribution in [3.8, 4) is 0 Å². The summed E-state index contributed by atoms with van der Waals surface area (Å²) in [5.74, 6) is -11.4. The van der Waals surface area contributed by atoms with Crippen LogP contribution in [0.15, 0.2) is 30.3 Å². The Morgan fingerprint density at radius 1 is 0.746 bits per heavy atom. The van der Waals surface area contributed by atoms with Crippen LogP contribution in [0.4, 0.5) is 0 Å². The summed E-state index contributed by atoms with van der Waals surface area (Å²) in [5.41, 5.74) is 5.95. The number of nitrogens with one attached hydrogen (secondary N) is 9. The van der Waals surface area contributed by atoms with E-state index in [0.717, 1.165) is 12.5 Å². The minimum atomic E-state index is -2.48. The van der Waals surface area contributed by atoms with Crippen molar-refractivity contribution >= 4 is 53.2 Å². The third-order valence-corrected chi connectivity index (χ3v) is 8.84. The topological polar surface area (TPSA) is 389 Å². The fourth-order valence-corrected chi connectivity index (χ4v) is 5.26. The van der Waals surface area contributed by atoms with Crippen LogP contribution in [0.1, 0.15) is 33.3 Å². The fraction of sp³-hybridized carbons (Fsp3) is 0.571. The lowest BCUT2D eigenvalue weighted by Crippen LogP contribution is -2.65. The maximum atomic E-state index is 13.6. The molecule has 0 spiro atoms. The monoisotopic (exact) mass is 838 g/mol. The first-order chi connectivity index (χ1) is 27.7. The molecule has 2 rings (SSSR count). The lowest BCUT2D eigenvalue weighted by molar-refractivity contribution is -0.144. The maximum Gasteiger partial charge on any atom is 0.251 e. The number of carbonyl (C=O) groups excluding carboxylic acids is 9. The van der Waals surface area contributed by atoms with Crippen molar-refractivity contribution in [3.63, 3.8) is 0 Å². The highest BCUT2D eigenvalue weighted by Crippen LogP contribution is 2.08. The van der Waals surface area contributed by atoms with Gasteiger partial charge in [0.1, 0.15) is 42.4 Å².